The Morgan fingerprint density at radius 3 is 2.04 bits per heavy atom. The monoisotopic (exact) mass is 659 g/mol. The molecule has 0 spiro atoms. The van der Waals surface area contributed by atoms with Gasteiger partial charge in [-0.2, -0.15) is 0 Å². The molecule has 47 heavy (non-hydrogen) atoms. The highest BCUT2D eigenvalue weighted by atomic mass is 32.1. The zero-order valence-electron chi connectivity index (χ0n) is 26.5. The van der Waals surface area contributed by atoms with Crippen molar-refractivity contribution in [3.8, 4) is 0 Å². The van der Waals surface area contributed by atoms with Crippen LogP contribution in [0.15, 0.2) is 96.8 Å². The summed E-state index contributed by atoms with van der Waals surface area (Å²) in [7, 11) is 0. The molecule has 0 bridgehead atoms. The van der Waals surface area contributed by atoms with Crippen molar-refractivity contribution in [3.05, 3.63) is 118 Å². The second-order valence-electron chi connectivity index (χ2n) is 11.4. The van der Waals surface area contributed by atoms with E-state index in [0.717, 1.165) is 16.7 Å². The smallest absolute Gasteiger partial charge is 0.408 e. The third-order valence-electron chi connectivity index (χ3n) is 7.39. The molecule has 0 saturated carbocycles. The fourth-order valence-electron chi connectivity index (χ4n) is 4.97. The Bertz CT molecular complexity index is 1510. The number of nitrogens with one attached hydrogen (secondary N) is 3. The highest BCUT2D eigenvalue weighted by Gasteiger charge is 2.30. The van der Waals surface area contributed by atoms with Crippen LogP contribution in [0.25, 0.3) is 0 Å². The molecule has 4 N–H and O–H groups in total. The number of nitrogens with zero attached hydrogens (tertiary/aromatic N) is 2. The van der Waals surface area contributed by atoms with Gasteiger partial charge in [0.25, 0.3) is 0 Å². The van der Waals surface area contributed by atoms with Crippen LogP contribution in [-0.2, 0) is 40.3 Å². The van der Waals surface area contributed by atoms with Gasteiger partial charge in [0, 0.05) is 35.6 Å². The van der Waals surface area contributed by atoms with Gasteiger partial charge in [0.2, 0.25) is 5.91 Å². The van der Waals surface area contributed by atoms with Gasteiger partial charge in [0.1, 0.15) is 24.3 Å². The number of benzene rings is 2. The number of rotatable bonds is 16. The van der Waals surface area contributed by atoms with E-state index in [9.17, 15) is 19.5 Å². The number of aliphatic hydroxyl groups excluding tert-OH is 1. The first-order valence-corrected chi connectivity index (χ1v) is 16.3. The molecule has 2 aromatic carbocycles. The van der Waals surface area contributed by atoms with Crippen molar-refractivity contribution in [3.63, 3.8) is 0 Å². The Balaban J connectivity index is 1.46. The molecule has 3 unspecified atom stereocenters. The van der Waals surface area contributed by atoms with Gasteiger partial charge in [-0.25, -0.2) is 14.6 Å². The van der Waals surface area contributed by atoms with Crippen molar-refractivity contribution in [1.29, 1.82) is 0 Å². The molecule has 2 heterocycles. The molecule has 0 aliphatic rings. The minimum absolute atomic E-state index is 0.000760. The number of aliphatic hydroxyl groups is 1. The summed E-state index contributed by atoms with van der Waals surface area (Å²) in [6.45, 7) is 3.67. The summed E-state index contributed by atoms with van der Waals surface area (Å²) in [6, 6.07) is 20.5. The van der Waals surface area contributed by atoms with Crippen LogP contribution in [0.4, 0.5) is 9.59 Å². The summed E-state index contributed by atoms with van der Waals surface area (Å²) in [4.78, 5) is 47.2. The topological polar surface area (TPSA) is 152 Å². The molecule has 4 aromatic rings. The zero-order chi connectivity index (χ0) is 33.4. The molecule has 11 nitrogen and oxygen atoms in total. The van der Waals surface area contributed by atoms with Crippen LogP contribution in [0, 0.1) is 5.92 Å². The standard InChI is InChI=1S/C35H41N5O6S/c1-24(2)32(40-35(44)46-23-31-37-16-17-47-31)33(42)38-28(18-25-10-5-3-6-11-25)20-30(41)29(19-26-12-7-4-8-13-26)39-34(43)45-22-27-14-9-15-36-21-27/h3-17,21,24,28-30,32,41H,18-20,22-23H2,1-2H3,(H,38,42)(H,39,43)(H,40,44)/t28?,29?,30?,32-/m0/s1. The quantitative estimate of drug-likeness (QED) is 0.134. The summed E-state index contributed by atoms with van der Waals surface area (Å²) in [5.74, 6) is -0.672. The average molecular weight is 660 g/mol. The van der Waals surface area contributed by atoms with Gasteiger partial charge in [-0.15, -0.1) is 11.3 Å². The van der Waals surface area contributed by atoms with E-state index in [1.165, 1.54) is 11.3 Å². The fourth-order valence-corrected chi connectivity index (χ4v) is 5.50. The first-order chi connectivity index (χ1) is 22.8. The van der Waals surface area contributed by atoms with Crippen molar-refractivity contribution in [2.75, 3.05) is 0 Å². The maximum absolute atomic E-state index is 13.6. The van der Waals surface area contributed by atoms with Gasteiger partial charge < -0.3 is 30.5 Å². The maximum atomic E-state index is 13.6. The van der Waals surface area contributed by atoms with E-state index in [0.29, 0.717) is 17.8 Å². The van der Waals surface area contributed by atoms with E-state index in [4.69, 9.17) is 9.47 Å². The summed E-state index contributed by atoms with van der Waals surface area (Å²) in [5.41, 5.74) is 2.59. The first-order valence-electron chi connectivity index (χ1n) is 15.5. The lowest BCUT2D eigenvalue weighted by Crippen LogP contribution is -2.54. The van der Waals surface area contributed by atoms with Crippen molar-refractivity contribution in [1.82, 2.24) is 25.9 Å². The van der Waals surface area contributed by atoms with Crippen molar-refractivity contribution >= 4 is 29.4 Å². The fraction of sp³-hybridized carbons (Fsp3) is 0.343. The number of pyridine rings is 1. The van der Waals surface area contributed by atoms with E-state index in [1.807, 2.05) is 74.5 Å². The van der Waals surface area contributed by atoms with Crippen molar-refractivity contribution in [2.45, 2.75) is 70.6 Å². The molecule has 12 heteroatoms. The Labute approximate surface area is 278 Å². The number of aromatic nitrogens is 2. The molecule has 3 amide bonds. The Morgan fingerprint density at radius 2 is 1.43 bits per heavy atom. The summed E-state index contributed by atoms with van der Waals surface area (Å²) < 4.78 is 10.7. The number of amides is 3. The molecule has 4 atom stereocenters. The predicted molar refractivity (Wildman–Crippen MR) is 178 cm³/mol. The van der Waals surface area contributed by atoms with E-state index in [2.05, 4.69) is 25.9 Å². The van der Waals surface area contributed by atoms with Crippen LogP contribution in [-0.4, -0.2) is 57.4 Å². The van der Waals surface area contributed by atoms with E-state index in [1.54, 1.807) is 36.1 Å². The third kappa shape index (κ3) is 12.1. The number of thiazole rings is 1. The molecule has 2 aromatic heterocycles. The first kappa shape index (κ1) is 35.1. The lowest BCUT2D eigenvalue weighted by molar-refractivity contribution is -0.125. The maximum Gasteiger partial charge on any atom is 0.408 e. The Morgan fingerprint density at radius 1 is 0.787 bits per heavy atom. The molecular weight excluding hydrogens is 618 g/mol. The normalized spacial score (nSPS) is 13.5. The van der Waals surface area contributed by atoms with E-state index >= 15 is 0 Å². The van der Waals surface area contributed by atoms with Crippen molar-refractivity contribution in [2.24, 2.45) is 5.92 Å². The van der Waals surface area contributed by atoms with Crippen molar-refractivity contribution < 1.29 is 29.0 Å². The van der Waals surface area contributed by atoms with Gasteiger partial charge in [-0.05, 0) is 42.4 Å². The molecular formula is C35H41N5O6S. The van der Waals surface area contributed by atoms with E-state index in [-0.39, 0.29) is 25.6 Å². The van der Waals surface area contributed by atoms with Gasteiger partial charge in [0.15, 0.2) is 0 Å². The molecule has 0 fully saturated rings. The van der Waals surface area contributed by atoms with Crippen LogP contribution in [0.3, 0.4) is 0 Å². The lowest BCUT2D eigenvalue weighted by atomic mass is 9.93. The second kappa shape index (κ2) is 18.4. The zero-order valence-corrected chi connectivity index (χ0v) is 27.3. The molecule has 4 rings (SSSR count). The minimum atomic E-state index is -1.07. The molecule has 0 aliphatic heterocycles. The molecule has 248 valence electrons. The minimum Gasteiger partial charge on any atom is -0.445 e. The average Bonchev–Trinajstić information content (AvgIpc) is 3.60. The summed E-state index contributed by atoms with van der Waals surface area (Å²) in [6.07, 6.45) is 3.24. The molecule has 0 saturated heterocycles. The van der Waals surface area contributed by atoms with Crippen LogP contribution < -0.4 is 16.0 Å². The number of ether oxygens (including phenoxy) is 2. The third-order valence-corrected chi connectivity index (χ3v) is 8.14. The van der Waals surface area contributed by atoms with Gasteiger partial charge in [-0.3, -0.25) is 9.78 Å². The SMILES string of the molecule is CC(C)[C@H](NC(=O)OCc1nccs1)C(=O)NC(Cc1ccccc1)CC(O)C(Cc1ccccc1)NC(=O)OCc1cccnc1. The van der Waals surface area contributed by atoms with Crippen LogP contribution >= 0.6 is 11.3 Å². The number of carbonyl (C=O) groups is 3. The highest BCUT2D eigenvalue weighted by Crippen LogP contribution is 2.16. The number of hydrogen-bond donors (Lipinski definition) is 4. The number of hydrogen-bond acceptors (Lipinski definition) is 9. The van der Waals surface area contributed by atoms with Crippen LogP contribution in [0.5, 0.6) is 0 Å². The van der Waals surface area contributed by atoms with Crippen LogP contribution in [0.2, 0.25) is 0 Å². The van der Waals surface area contributed by atoms with Gasteiger partial charge >= 0.3 is 12.2 Å². The second-order valence-corrected chi connectivity index (χ2v) is 12.4. The van der Waals surface area contributed by atoms with Gasteiger partial charge in [0.05, 0.1) is 12.1 Å². The lowest BCUT2D eigenvalue weighted by Gasteiger charge is -2.30. The molecule has 0 aliphatic carbocycles. The summed E-state index contributed by atoms with van der Waals surface area (Å²) >= 11 is 1.36. The van der Waals surface area contributed by atoms with Gasteiger partial charge in [-0.1, -0.05) is 80.6 Å². The van der Waals surface area contributed by atoms with E-state index < -0.39 is 42.3 Å². The predicted octanol–water partition coefficient (Wildman–Crippen LogP) is 4.81. The Hall–Kier alpha value is -4.81. The molecule has 0 radical (unpaired) electrons. The largest absolute Gasteiger partial charge is 0.445 e. The summed E-state index contributed by atoms with van der Waals surface area (Å²) in [5, 5.41) is 22.6. The number of carbonyl (C=O) groups excluding carboxylic acids is 3. The Kier molecular flexibility index (Phi) is 13.7. The number of alkyl carbamates (subject to hydrolysis) is 2. The van der Waals surface area contributed by atoms with Crippen LogP contribution in [0.1, 0.15) is 42.0 Å². The highest BCUT2D eigenvalue weighted by molar-refractivity contribution is 7.09.